The minimum absolute atomic E-state index is 0. The molecule has 0 amide bonds. The fourth-order valence-corrected chi connectivity index (χ4v) is 0. The van der Waals surface area contributed by atoms with Crippen LogP contribution in [0.2, 0.25) is 0 Å². The first-order valence-corrected chi connectivity index (χ1v) is 6.14. The van der Waals surface area contributed by atoms with Crippen molar-refractivity contribution in [1.82, 2.24) is 0 Å². The third-order valence-corrected chi connectivity index (χ3v) is 0. The van der Waals surface area contributed by atoms with E-state index in [2.05, 4.69) is 0 Å². The fourth-order valence-electron chi connectivity index (χ4n) is 0. The van der Waals surface area contributed by atoms with Crippen LogP contribution in [0.1, 0.15) is 0 Å². The van der Waals surface area contributed by atoms with E-state index < -0.39 is 31.2 Å². The van der Waals surface area contributed by atoms with Crippen LogP contribution in [0, 0.1) is 0 Å². The van der Waals surface area contributed by atoms with Gasteiger partial charge < -0.3 is 13.7 Å². The second-order valence-corrected chi connectivity index (χ2v) is 3.85. The summed E-state index contributed by atoms with van der Waals surface area (Å²) in [6.07, 6.45) is 0. The van der Waals surface area contributed by atoms with Crippen molar-refractivity contribution in [2.45, 2.75) is 0 Å². The van der Waals surface area contributed by atoms with E-state index in [9.17, 15) is 0 Å². The molecule has 0 saturated heterocycles. The van der Waals surface area contributed by atoms with Crippen molar-refractivity contribution in [2.24, 2.45) is 0 Å². The van der Waals surface area contributed by atoms with E-state index in [1.807, 2.05) is 0 Å². The van der Waals surface area contributed by atoms with Crippen molar-refractivity contribution in [3.05, 3.63) is 0 Å². The fraction of sp³-hybridized carbons (Fsp3) is 0. The largest absolute Gasteiger partial charge is 3.00 e. The number of hydrogen-bond donors (Lipinski definition) is 3. The van der Waals surface area contributed by atoms with E-state index in [0.29, 0.717) is 0 Å². The Labute approximate surface area is 103 Å². The molecule has 0 aliphatic heterocycles. The molecule has 0 bridgehead atoms. The molecule has 0 atom stereocenters. The Hall–Kier alpha value is 0.246. The van der Waals surface area contributed by atoms with Crippen LogP contribution in [-0.2, 0) is 31.2 Å². The van der Waals surface area contributed by atoms with Gasteiger partial charge in [-0.25, -0.2) is 25.3 Å². The molecular formula is H3GaO12S3. The monoisotopic (exact) mass is 360 g/mol. The maximum absolute atomic E-state index is 8.63. The van der Waals surface area contributed by atoms with Crippen molar-refractivity contribution < 1.29 is 52.6 Å². The first kappa shape index (κ1) is 25.2. The average Bonchev–Trinajstić information content (AvgIpc) is 1.41. The molecule has 0 heterocycles. The predicted molar refractivity (Wildman–Crippen MR) is 42.7 cm³/mol. The third kappa shape index (κ3) is 41200. The standard InChI is InChI=1S/Ga.3H2O4S/c;3*1-5(2,3)4/h;3*(H2,1,2,3,4)/q+3;;;/p-3. The summed E-state index contributed by atoms with van der Waals surface area (Å²) >= 11 is 0. The van der Waals surface area contributed by atoms with Crippen molar-refractivity contribution in [1.29, 1.82) is 0 Å². The summed E-state index contributed by atoms with van der Waals surface area (Å²) in [5.41, 5.74) is 0. The molecule has 0 aliphatic rings. The Balaban J connectivity index is -0.0000000655. The van der Waals surface area contributed by atoms with Crippen molar-refractivity contribution in [3.8, 4) is 0 Å². The van der Waals surface area contributed by atoms with Gasteiger partial charge in [-0.2, -0.15) is 0 Å². The van der Waals surface area contributed by atoms with Crippen LogP contribution in [0.25, 0.3) is 0 Å². The molecule has 0 rings (SSSR count). The average molecular weight is 361 g/mol. The van der Waals surface area contributed by atoms with Crippen LogP contribution >= 0.6 is 0 Å². The minimum Gasteiger partial charge on any atom is -0.726 e. The van der Waals surface area contributed by atoms with Crippen LogP contribution in [0.5, 0.6) is 0 Å². The summed E-state index contributed by atoms with van der Waals surface area (Å²) in [7, 11) is -14.7. The molecule has 16 heavy (non-hydrogen) atoms. The molecule has 96 valence electrons. The summed E-state index contributed by atoms with van der Waals surface area (Å²) in [6.45, 7) is 0. The van der Waals surface area contributed by atoms with Crippen LogP contribution in [0.15, 0.2) is 0 Å². The molecule has 0 spiro atoms. The van der Waals surface area contributed by atoms with E-state index in [4.69, 9.17) is 52.6 Å². The van der Waals surface area contributed by atoms with Gasteiger partial charge in [-0.1, -0.05) is 0 Å². The number of rotatable bonds is 0. The zero-order valence-corrected chi connectivity index (χ0v) is 11.7. The summed E-state index contributed by atoms with van der Waals surface area (Å²) in [5, 5.41) is 0. The molecule has 0 aliphatic carbocycles. The van der Waals surface area contributed by atoms with Gasteiger partial charge >= 0.3 is 19.8 Å². The summed E-state index contributed by atoms with van der Waals surface area (Å²) in [6, 6.07) is 0. The van der Waals surface area contributed by atoms with Crippen LogP contribution in [0.4, 0.5) is 0 Å². The summed E-state index contributed by atoms with van der Waals surface area (Å²) in [5.74, 6) is 0. The second kappa shape index (κ2) is 9.29. The molecule has 0 aromatic carbocycles. The number of hydrogen-bond acceptors (Lipinski definition) is 9. The smallest absolute Gasteiger partial charge is 0.726 e. The van der Waals surface area contributed by atoms with Gasteiger partial charge in [-0.3, -0.25) is 13.7 Å². The van der Waals surface area contributed by atoms with E-state index in [1.165, 1.54) is 0 Å². The maximum Gasteiger partial charge on any atom is 3.00 e. The molecule has 0 unspecified atom stereocenters. The Morgan fingerprint density at radius 3 is 0.562 bits per heavy atom. The molecular weight excluding hydrogens is 358 g/mol. The quantitative estimate of drug-likeness (QED) is 0.218. The van der Waals surface area contributed by atoms with Crippen LogP contribution in [0.3, 0.4) is 0 Å². The molecule has 0 saturated carbocycles. The molecule has 16 heteroatoms. The Bertz CT molecular complexity index is 337. The molecule has 0 fully saturated rings. The van der Waals surface area contributed by atoms with Gasteiger partial charge in [-0.15, -0.1) is 0 Å². The first-order chi connectivity index (χ1) is 6.00. The normalized spacial score (nSPS) is 10.9. The summed E-state index contributed by atoms with van der Waals surface area (Å²) in [4.78, 5) is 0. The first-order valence-electron chi connectivity index (χ1n) is 2.05. The van der Waals surface area contributed by atoms with Gasteiger partial charge in [0.25, 0.3) is 0 Å². The van der Waals surface area contributed by atoms with E-state index in [0.717, 1.165) is 0 Å². The Kier molecular flexibility index (Phi) is 14.6. The minimum atomic E-state index is -4.92. The third-order valence-electron chi connectivity index (χ3n) is 0. The summed E-state index contributed by atoms with van der Waals surface area (Å²) < 4.78 is 98.5. The van der Waals surface area contributed by atoms with Gasteiger partial charge in [0.1, 0.15) is 0 Å². The van der Waals surface area contributed by atoms with E-state index in [1.54, 1.807) is 0 Å². The van der Waals surface area contributed by atoms with Crippen LogP contribution in [-0.4, -0.2) is 72.4 Å². The van der Waals surface area contributed by atoms with E-state index >= 15 is 0 Å². The molecule has 0 aromatic heterocycles. The zero-order valence-electron chi connectivity index (χ0n) is 6.82. The van der Waals surface area contributed by atoms with E-state index in [-0.39, 0.29) is 19.8 Å². The topological polar surface area (TPSA) is 232 Å². The van der Waals surface area contributed by atoms with Crippen molar-refractivity contribution >= 4 is 51.0 Å². The molecule has 0 radical (unpaired) electrons. The molecule has 12 nitrogen and oxygen atoms in total. The second-order valence-electron chi connectivity index (χ2n) is 1.28. The predicted octanol–water partition coefficient (Wildman–Crippen LogP) is -3.37. The van der Waals surface area contributed by atoms with Crippen LogP contribution < -0.4 is 0 Å². The molecule has 0 aromatic rings. The Morgan fingerprint density at radius 1 is 0.562 bits per heavy atom. The SMILES string of the molecule is O=S(=O)([O-])O.O=S(=O)([O-])O.O=S(=O)([O-])O.[Ga+3]. The van der Waals surface area contributed by atoms with Crippen molar-refractivity contribution in [3.63, 3.8) is 0 Å². The van der Waals surface area contributed by atoms with Gasteiger partial charge in [-0.05, 0) is 0 Å². The van der Waals surface area contributed by atoms with Gasteiger partial charge in [0, 0.05) is 0 Å². The van der Waals surface area contributed by atoms with Gasteiger partial charge in [0.05, 0.1) is 0 Å². The van der Waals surface area contributed by atoms with Crippen molar-refractivity contribution in [2.75, 3.05) is 0 Å². The Morgan fingerprint density at radius 2 is 0.562 bits per heavy atom. The molecule has 3 N–H and O–H groups in total. The van der Waals surface area contributed by atoms with Gasteiger partial charge in [0.2, 0.25) is 31.2 Å². The maximum atomic E-state index is 8.63. The van der Waals surface area contributed by atoms with Gasteiger partial charge in [0.15, 0.2) is 0 Å². The zero-order chi connectivity index (χ0) is 13.5.